The lowest BCUT2D eigenvalue weighted by Gasteiger charge is -2.06. The molecule has 3 nitrogen and oxygen atoms in total. The van der Waals surface area contributed by atoms with Crippen molar-refractivity contribution in [1.29, 1.82) is 0 Å². The molecule has 1 aliphatic carbocycles. The Morgan fingerprint density at radius 3 is 2.72 bits per heavy atom. The van der Waals surface area contributed by atoms with Crippen LogP contribution in [-0.4, -0.2) is 17.4 Å². The summed E-state index contributed by atoms with van der Waals surface area (Å²) >= 11 is 5.29. The second-order valence-corrected chi connectivity index (χ2v) is 8.70. The van der Waals surface area contributed by atoms with E-state index >= 15 is 0 Å². The first-order chi connectivity index (χ1) is 12.2. The Hall–Kier alpha value is -1.20. The first-order valence-electron chi connectivity index (χ1n) is 9.19. The summed E-state index contributed by atoms with van der Waals surface area (Å²) in [7, 11) is 0. The van der Waals surface area contributed by atoms with Crippen LogP contribution < -0.4 is 5.32 Å². The van der Waals surface area contributed by atoms with Gasteiger partial charge in [-0.15, -0.1) is 11.3 Å². The Kier molecular flexibility index (Phi) is 7.05. The fraction of sp³-hybridized carbons (Fsp3) is 0.500. The van der Waals surface area contributed by atoms with Crippen molar-refractivity contribution in [2.24, 2.45) is 0 Å². The molecular formula is C20H25BrN2OS. The number of benzene rings is 1. The fourth-order valence-corrected chi connectivity index (χ4v) is 4.60. The van der Waals surface area contributed by atoms with Gasteiger partial charge in [0, 0.05) is 28.7 Å². The van der Waals surface area contributed by atoms with Gasteiger partial charge in [-0.2, -0.15) is 0 Å². The molecule has 3 rings (SSSR count). The zero-order valence-electron chi connectivity index (χ0n) is 14.5. The Bertz CT molecular complexity index is 673. The molecule has 0 fully saturated rings. The average molecular weight is 421 g/mol. The van der Waals surface area contributed by atoms with Crippen LogP contribution in [0.15, 0.2) is 28.7 Å². The molecule has 1 N–H and O–H groups in total. The minimum absolute atomic E-state index is 0.164. The molecule has 1 aromatic carbocycles. The van der Waals surface area contributed by atoms with Crippen LogP contribution in [-0.2, 0) is 30.5 Å². The van der Waals surface area contributed by atoms with Crippen molar-refractivity contribution < 1.29 is 4.79 Å². The average Bonchev–Trinajstić information content (AvgIpc) is 3.03. The molecule has 0 atom stereocenters. The Labute approximate surface area is 162 Å². The van der Waals surface area contributed by atoms with Crippen molar-refractivity contribution in [3.63, 3.8) is 0 Å². The third kappa shape index (κ3) is 5.93. The standard InChI is InChI=1S/C20H25BrN2OS/c21-16-11-9-15(10-12-16)5-1-4-8-19(24)22-14-13-20-23-17-6-2-3-7-18(17)25-20/h9-12H,1-8,13-14H2,(H,22,24). The number of fused-ring (bicyclic) bond motifs is 1. The topological polar surface area (TPSA) is 42.0 Å². The number of hydrogen-bond donors (Lipinski definition) is 1. The van der Waals surface area contributed by atoms with E-state index in [4.69, 9.17) is 4.98 Å². The minimum atomic E-state index is 0.164. The number of hydrogen-bond acceptors (Lipinski definition) is 3. The van der Waals surface area contributed by atoms with Crippen LogP contribution in [0.25, 0.3) is 0 Å². The number of nitrogens with one attached hydrogen (secondary N) is 1. The number of thiazole rings is 1. The smallest absolute Gasteiger partial charge is 0.220 e. The second kappa shape index (κ2) is 9.48. The predicted molar refractivity (Wildman–Crippen MR) is 107 cm³/mol. The number of unbranched alkanes of at least 4 members (excludes halogenated alkanes) is 1. The quantitative estimate of drug-likeness (QED) is 0.619. The van der Waals surface area contributed by atoms with E-state index in [2.05, 4.69) is 45.5 Å². The van der Waals surface area contributed by atoms with E-state index in [-0.39, 0.29) is 5.91 Å². The van der Waals surface area contributed by atoms with Crippen LogP contribution in [0, 0.1) is 0 Å². The van der Waals surface area contributed by atoms with Gasteiger partial charge in [0.2, 0.25) is 5.91 Å². The van der Waals surface area contributed by atoms with Gasteiger partial charge >= 0.3 is 0 Å². The second-order valence-electron chi connectivity index (χ2n) is 6.62. The summed E-state index contributed by atoms with van der Waals surface area (Å²) in [6, 6.07) is 8.41. The zero-order valence-corrected chi connectivity index (χ0v) is 16.9. The lowest BCUT2D eigenvalue weighted by molar-refractivity contribution is -0.121. The van der Waals surface area contributed by atoms with Crippen molar-refractivity contribution in [2.45, 2.75) is 57.8 Å². The summed E-state index contributed by atoms with van der Waals surface area (Å²) in [6.07, 6.45) is 9.40. The van der Waals surface area contributed by atoms with Gasteiger partial charge in [0.15, 0.2) is 0 Å². The monoisotopic (exact) mass is 420 g/mol. The summed E-state index contributed by atoms with van der Waals surface area (Å²) in [5.41, 5.74) is 2.64. The van der Waals surface area contributed by atoms with Gasteiger partial charge in [-0.3, -0.25) is 4.79 Å². The highest BCUT2D eigenvalue weighted by atomic mass is 79.9. The molecule has 0 spiro atoms. The third-order valence-electron chi connectivity index (χ3n) is 4.58. The minimum Gasteiger partial charge on any atom is -0.356 e. The molecule has 0 radical (unpaired) electrons. The molecular weight excluding hydrogens is 396 g/mol. The SMILES string of the molecule is O=C(CCCCc1ccc(Br)cc1)NCCc1nc2c(s1)CCCC2. The van der Waals surface area contributed by atoms with Gasteiger partial charge in [-0.05, 0) is 62.6 Å². The van der Waals surface area contributed by atoms with E-state index in [1.807, 2.05) is 11.3 Å². The van der Waals surface area contributed by atoms with Crippen molar-refractivity contribution in [1.82, 2.24) is 10.3 Å². The predicted octanol–water partition coefficient (Wildman–Crippen LogP) is 4.86. The van der Waals surface area contributed by atoms with Gasteiger partial charge in [0.1, 0.15) is 0 Å². The van der Waals surface area contributed by atoms with Crippen LogP contribution in [0.2, 0.25) is 0 Å². The molecule has 1 amide bonds. The zero-order chi connectivity index (χ0) is 17.5. The lowest BCUT2D eigenvalue weighted by Crippen LogP contribution is -2.25. The fourth-order valence-electron chi connectivity index (χ4n) is 3.18. The largest absolute Gasteiger partial charge is 0.356 e. The molecule has 0 saturated carbocycles. The number of aryl methyl sites for hydroxylation is 3. The van der Waals surface area contributed by atoms with E-state index in [0.717, 1.165) is 36.6 Å². The van der Waals surface area contributed by atoms with Crippen LogP contribution in [0.3, 0.4) is 0 Å². The van der Waals surface area contributed by atoms with Gasteiger partial charge in [0.05, 0.1) is 10.7 Å². The van der Waals surface area contributed by atoms with Gasteiger partial charge in [-0.1, -0.05) is 28.1 Å². The summed E-state index contributed by atoms with van der Waals surface area (Å²) < 4.78 is 1.11. The number of amides is 1. The van der Waals surface area contributed by atoms with Gasteiger partial charge in [0.25, 0.3) is 0 Å². The number of carbonyl (C=O) groups excluding carboxylic acids is 1. The maximum absolute atomic E-state index is 11.9. The lowest BCUT2D eigenvalue weighted by atomic mass is 10.0. The van der Waals surface area contributed by atoms with Crippen LogP contribution in [0.4, 0.5) is 0 Å². The van der Waals surface area contributed by atoms with E-state index in [1.54, 1.807) is 0 Å². The highest BCUT2D eigenvalue weighted by molar-refractivity contribution is 9.10. The van der Waals surface area contributed by atoms with E-state index in [0.29, 0.717) is 13.0 Å². The summed E-state index contributed by atoms with van der Waals surface area (Å²) in [5.74, 6) is 0.164. The summed E-state index contributed by atoms with van der Waals surface area (Å²) in [6.45, 7) is 0.706. The summed E-state index contributed by atoms with van der Waals surface area (Å²) in [5, 5.41) is 4.22. The van der Waals surface area contributed by atoms with Crippen LogP contribution >= 0.6 is 27.3 Å². The summed E-state index contributed by atoms with van der Waals surface area (Å²) in [4.78, 5) is 18.1. The number of carbonyl (C=O) groups is 1. The van der Waals surface area contributed by atoms with E-state index in [9.17, 15) is 4.79 Å². The molecule has 0 saturated heterocycles. The van der Waals surface area contributed by atoms with Crippen molar-refractivity contribution in [3.8, 4) is 0 Å². The van der Waals surface area contributed by atoms with E-state index in [1.165, 1.54) is 40.4 Å². The highest BCUT2D eigenvalue weighted by Crippen LogP contribution is 2.26. The number of rotatable bonds is 8. The maximum atomic E-state index is 11.9. The Morgan fingerprint density at radius 1 is 1.12 bits per heavy atom. The third-order valence-corrected chi connectivity index (χ3v) is 6.33. The molecule has 1 aliphatic rings. The Morgan fingerprint density at radius 2 is 1.92 bits per heavy atom. The highest BCUT2D eigenvalue weighted by Gasteiger charge is 2.14. The van der Waals surface area contributed by atoms with Crippen molar-refractivity contribution >= 4 is 33.2 Å². The molecule has 0 bridgehead atoms. The van der Waals surface area contributed by atoms with Crippen LogP contribution in [0.1, 0.15) is 53.2 Å². The Balaban J connectivity index is 1.29. The number of halogens is 1. The van der Waals surface area contributed by atoms with Gasteiger partial charge in [-0.25, -0.2) is 4.98 Å². The molecule has 1 aromatic heterocycles. The molecule has 0 aliphatic heterocycles. The molecule has 25 heavy (non-hydrogen) atoms. The van der Waals surface area contributed by atoms with Crippen molar-refractivity contribution in [2.75, 3.05) is 6.54 Å². The first-order valence-corrected chi connectivity index (χ1v) is 10.8. The number of aromatic nitrogens is 1. The maximum Gasteiger partial charge on any atom is 0.220 e. The molecule has 5 heteroatoms. The number of nitrogens with zero attached hydrogens (tertiary/aromatic N) is 1. The molecule has 134 valence electrons. The first kappa shape index (κ1) is 18.6. The van der Waals surface area contributed by atoms with Crippen molar-refractivity contribution in [3.05, 3.63) is 49.9 Å². The van der Waals surface area contributed by atoms with E-state index < -0.39 is 0 Å². The molecule has 1 heterocycles. The molecule has 0 unspecified atom stereocenters. The van der Waals surface area contributed by atoms with Crippen LogP contribution in [0.5, 0.6) is 0 Å². The molecule has 2 aromatic rings. The van der Waals surface area contributed by atoms with Gasteiger partial charge < -0.3 is 5.32 Å². The normalized spacial score (nSPS) is 13.5.